The number of hydrogen-bond acceptors (Lipinski definition) is 21. The number of unbranched alkanes of at least 4 members (excludes halogenated alkanes) is 5. The lowest BCUT2D eigenvalue weighted by atomic mass is 10.00. The van der Waals surface area contributed by atoms with Crippen molar-refractivity contribution in [2.24, 2.45) is 0 Å². The monoisotopic (exact) mass is 1480 g/mol. The molecule has 0 bridgehead atoms. The summed E-state index contributed by atoms with van der Waals surface area (Å²) in [5.74, 6) is 5.14. The van der Waals surface area contributed by atoms with Crippen LogP contribution >= 0.6 is 0 Å². The molecule has 105 heavy (non-hydrogen) atoms. The van der Waals surface area contributed by atoms with Crippen LogP contribution in [0.5, 0.6) is 0 Å². The predicted molar refractivity (Wildman–Crippen MR) is 390 cm³/mol. The van der Waals surface area contributed by atoms with Crippen LogP contribution in [0.1, 0.15) is 193 Å². The number of ether oxygens (including phenoxy) is 7. The zero-order valence-corrected chi connectivity index (χ0v) is 61.8. The normalized spacial score (nSPS) is 11.5. The first-order chi connectivity index (χ1) is 50.8. The van der Waals surface area contributed by atoms with Crippen LogP contribution in [0.3, 0.4) is 0 Å². The van der Waals surface area contributed by atoms with E-state index >= 15 is 0 Å². The van der Waals surface area contributed by atoms with Gasteiger partial charge in [-0.15, -0.1) is 49.4 Å². The van der Waals surface area contributed by atoms with Crippen LogP contribution in [0.4, 0.5) is 0 Å². The topological polar surface area (TPSA) is 412 Å². The Morgan fingerprint density at radius 1 is 0.267 bits per heavy atom. The van der Waals surface area contributed by atoms with Gasteiger partial charge >= 0.3 is 0 Å². The van der Waals surface area contributed by atoms with Crippen LogP contribution in [-0.4, -0.2) is 232 Å². The fourth-order valence-electron chi connectivity index (χ4n) is 9.59. The van der Waals surface area contributed by atoms with Gasteiger partial charge in [0, 0.05) is 149 Å². The SMILES string of the molecule is C#CCCC(=O)CCCOCC(=O)CCCCC[C@H](NC(=O)COCCNC(=O)CCC#C)C(=O)CCCOCC(=O)N[C@@H](CCCCNC(=O)COCCCC(=O)[C@H](CCCCNC(=O)COCCNC(=O)CCC#C)NC(=O)COCCNC(=O)CCC#C)C(=O)CCCOCC(=O)NCCCC. The van der Waals surface area contributed by atoms with E-state index < -0.39 is 48.4 Å². The first-order valence-corrected chi connectivity index (χ1v) is 36.7. The third-order valence-corrected chi connectivity index (χ3v) is 15.2. The molecule has 9 amide bonds. The lowest BCUT2D eigenvalue weighted by Gasteiger charge is -2.19. The summed E-state index contributed by atoms with van der Waals surface area (Å²) in [6.45, 7) is 2.11. The van der Waals surface area contributed by atoms with Gasteiger partial charge in [-0.3, -0.25) is 67.1 Å². The van der Waals surface area contributed by atoms with Crippen molar-refractivity contribution in [2.45, 2.75) is 211 Å². The van der Waals surface area contributed by atoms with Crippen LogP contribution < -0.4 is 47.9 Å². The molecule has 30 heteroatoms. The van der Waals surface area contributed by atoms with Crippen LogP contribution in [0, 0.1) is 49.4 Å². The zero-order valence-electron chi connectivity index (χ0n) is 61.8. The minimum absolute atomic E-state index is 0.00132. The number of carbonyl (C=O) groups is 14. The van der Waals surface area contributed by atoms with Crippen molar-refractivity contribution in [3.8, 4) is 49.4 Å². The summed E-state index contributed by atoms with van der Waals surface area (Å²) in [5, 5.41) is 24.3. The second kappa shape index (κ2) is 68.6. The number of carbonyl (C=O) groups excluding carboxylic acids is 14. The molecule has 0 unspecified atom stereocenters. The Hall–Kier alpha value is -8.46. The highest BCUT2D eigenvalue weighted by Crippen LogP contribution is 2.12. The fourth-order valence-corrected chi connectivity index (χ4v) is 9.59. The van der Waals surface area contributed by atoms with E-state index in [2.05, 4.69) is 71.5 Å². The highest BCUT2D eigenvalue weighted by molar-refractivity contribution is 5.91. The molecule has 0 saturated heterocycles. The second-order valence-corrected chi connectivity index (χ2v) is 24.5. The van der Waals surface area contributed by atoms with Gasteiger partial charge in [0.2, 0.25) is 53.2 Å². The Labute approximate surface area is 620 Å². The van der Waals surface area contributed by atoms with Gasteiger partial charge in [-0.05, 0) is 83.5 Å². The van der Waals surface area contributed by atoms with Gasteiger partial charge in [-0.1, -0.05) is 26.2 Å². The average molecular weight is 1480 g/mol. The van der Waals surface area contributed by atoms with E-state index in [4.69, 9.17) is 58.9 Å². The number of rotatable bonds is 72. The Kier molecular flexibility index (Phi) is 63.1. The van der Waals surface area contributed by atoms with E-state index in [1.165, 1.54) is 0 Å². The van der Waals surface area contributed by atoms with Crippen LogP contribution in [-0.2, 0) is 100 Å². The van der Waals surface area contributed by atoms with Crippen molar-refractivity contribution in [3.05, 3.63) is 0 Å². The van der Waals surface area contributed by atoms with Gasteiger partial charge < -0.3 is 81.0 Å². The lowest BCUT2D eigenvalue weighted by Crippen LogP contribution is -2.43. The molecule has 0 aliphatic heterocycles. The maximum Gasteiger partial charge on any atom is 0.246 e. The molecule has 0 aromatic heterocycles. The summed E-state index contributed by atoms with van der Waals surface area (Å²) >= 11 is 0. The first kappa shape index (κ1) is 96.5. The quantitative estimate of drug-likeness (QED) is 0.0310. The summed E-state index contributed by atoms with van der Waals surface area (Å²) in [4.78, 5) is 176. The first-order valence-electron chi connectivity index (χ1n) is 36.7. The molecule has 0 aliphatic rings. The van der Waals surface area contributed by atoms with Crippen LogP contribution in [0.15, 0.2) is 0 Å². The lowest BCUT2D eigenvalue weighted by molar-refractivity contribution is -0.132. The molecule has 0 fully saturated rings. The van der Waals surface area contributed by atoms with Gasteiger partial charge in [0.05, 0.1) is 37.9 Å². The third kappa shape index (κ3) is 61.6. The van der Waals surface area contributed by atoms with E-state index in [1.807, 2.05) is 6.92 Å². The minimum Gasteiger partial charge on any atom is -0.374 e. The average Bonchev–Trinajstić information content (AvgIpc) is 0.960. The van der Waals surface area contributed by atoms with Gasteiger partial charge in [-0.2, -0.15) is 0 Å². The molecule has 588 valence electrons. The Bertz CT molecular complexity index is 2760. The van der Waals surface area contributed by atoms with Gasteiger partial charge in [0.25, 0.3) is 0 Å². The van der Waals surface area contributed by atoms with E-state index in [9.17, 15) is 67.1 Å². The smallest absolute Gasteiger partial charge is 0.246 e. The summed E-state index contributed by atoms with van der Waals surface area (Å²) < 4.78 is 38.2. The largest absolute Gasteiger partial charge is 0.374 e. The molecular weight excluding hydrogens is 1360 g/mol. The molecular formula is C75H117N9O21. The Balaban J connectivity index is 5.45. The van der Waals surface area contributed by atoms with Gasteiger partial charge in [0.15, 0.2) is 23.1 Å². The molecule has 9 N–H and O–H groups in total. The number of terminal acetylenes is 4. The van der Waals surface area contributed by atoms with Crippen molar-refractivity contribution >= 4 is 82.1 Å². The molecule has 0 saturated carbocycles. The summed E-state index contributed by atoms with van der Waals surface area (Å²) in [7, 11) is 0. The number of nitrogens with one attached hydrogen (secondary N) is 9. The molecule has 30 nitrogen and oxygen atoms in total. The molecule has 0 aromatic rings. The van der Waals surface area contributed by atoms with Gasteiger partial charge in [-0.25, -0.2) is 0 Å². The predicted octanol–water partition coefficient (Wildman–Crippen LogP) is 1.97. The molecule has 0 heterocycles. The Morgan fingerprint density at radius 3 is 0.905 bits per heavy atom. The fraction of sp³-hybridized carbons (Fsp3) is 0.707. The van der Waals surface area contributed by atoms with Crippen LogP contribution in [0.25, 0.3) is 0 Å². The maximum atomic E-state index is 13.6. The molecule has 0 radical (unpaired) electrons. The van der Waals surface area contributed by atoms with E-state index in [1.54, 1.807) is 0 Å². The van der Waals surface area contributed by atoms with Crippen molar-refractivity contribution in [2.75, 3.05) is 132 Å². The summed E-state index contributed by atoms with van der Waals surface area (Å²) in [6.07, 6.45) is 30.4. The zero-order chi connectivity index (χ0) is 77.6. The number of hydrogen-bond donors (Lipinski definition) is 9. The molecule has 0 aliphatic carbocycles. The number of Topliss-reactive ketones (excluding diaryl/α,β-unsaturated/α-hetero) is 5. The third-order valence-electron chi connectivity index (χ3n) is 15.2. The highest BCUT2D eigenvalue weighted by atomic mass is 16.5. The molecule has 0 spiro atoms. The van der Waals surface area contributed by atoms with E-state index in [-0.39, 0.29) is 273 Å². The van der Waals surface area contributed by atoms with Gasteiger partial charge in [0.1, 0.15) is 52.0 Å². The molecule has 3 atom stereocenters. The van der Waals surface area contributed by atoms with Crippen molar-refractivity contribution in [1.82, 2.24) is 47.9 Å². The van der Waals surface area contributed by atoms with Crippen molar-refractivity contribution in [3.63, 3.8) is 0 Å². The summed E-state index contributed by atoms with van der Waals surface area (Å²) in [6, 6.07) is -2.73. The standard InChI is InChI=1S/C75H117N9O21/c1-6-11-27-59(85)29-23-45-99-52-60(86)28-17-16-18-30-61(82-74(97)57-104-50-43-80-68(91)37-13-8-3)64(87)35-26-48-102-56-73(96)83-62(65(88)33-24-46-100-53-70(93)76-39-15-10-5)31-19-21-40-77-71(94)54-101-47-25-34-66(89)63(84-75(98)58-105-51-44-81-69(92)38-14-9-4)32-20-22-41-78-72(95)55-103-49-42-79-67(90)36-12-7-2/h1-4,61-63H,10-58H2,5H3,(H,76,93)(H,77,94)(H,78,95)(H,79,90)(H,80,91)(H,81,92)(H,82,97)(H,83,96)(H,84,98)/t61-,62-,63-/m0/s1. The Morgan fingerprint density at radius 2 is 0.552 bits per heavy atom. The molecule has 0 rings (SSSR count). The van der Waals surface area contributed by atoms with E-state index in [0.717, 1.165) is 12.8 Å². The van der Waals surface area contributed by atoms with E-state index in [0.29, 0.717) is 83.6 Å². The summed E-state index contributed by atoms with van der Waals surface area (Å²) in [5.41, 5.74) is 0. The number of ketones is 5. The van der Waals surface area contributed by atoms with Crippen molar-refractivity contribution in [1.29, 1.82) is 0 Å². The second-order valence-electron chi connectivity index (χ2n) is 24.5. The maximum absolute atomic E-state index is 13.6. The highest BCUT2D eigenvalue weighted by Gasteiger charge is 2.24. The molecule has 0 aromatic carbocycles. The van der Waals surface area contributed by atoms with Crippen molar-refractivity contribution < 1.29 is 100 Å². The van der Waals surface area contributed by atoms with Crippen LogP contribution in [0.2, 0.25) is 0 Å². The minimum atomic E-state index is -0.933. The number of amides is 9.